The number of aromatic nitrogens is 3. The molecule has 0 fully saturated rings. The highest BCUT2D eigenvalue weighted by atomic mass is 32.2. The van der Waals surface area contributed by atoms with Crippen LogP contribution in [-0.2, 0) is 11.2 Å². The number of hydrogen-bond donors (Lipinski definition) is 2. The van der Waals surface area contributed by atoms with Crippen LogP contribution in [0.4, 0.5) is 5.69 Å². The van der Waals surface area contributed by atoms with Crippen LogP contribution in [-0.4, -0.2) is 33.1 Å². The van der Waals surface area contributed by atoms with Gasteiger partial charge in [-0.05, 0) is 36.8 Å². The van der Waals surface area contributed by atoms with Gasteiger partial charge in [-0.2, -0.15) is 0 Å². The standard InChI is InChI=1S/C21H23N5O2S/c1-4-17-23-24-21-26(17)25-18(14-7-11-16(28-3)12-8-14)19(29-21)20(27)22-15-9-5-13(2)6-10-15/h5-12,18-19,25H,4H2,1-3H3,(H,22,27)/t18-,19+/m0/s1. The van der Waals surface area contributed by atoms with Crippen molar-refractivity contribution in [3.05, 3.63) is 65.5 Å². The summed E-state index contributed by atoms with van der Waals surface area (Å²) in [5, 5.41) is 11.8. The largest absolute Gasteiger partial charge is 0.497 e. The smallest absolute Gasteiger partial charge is 0.240 e. The number of carbonyl (C=O) groups is 1. The predicted octanol–water partition coefficient (Wildman–Crippen LogP) is 3.56. The van der Waals surface area contributed by atoms with Gasteiger partial charge in [-0.25, -0.2) is 4.68 Å². The number of rotatable bonds is 5. The molecule has 3 aromatic rings. The minimum atomic E-state index is -0.411. The number of benzene rings is 2. The maximum absolute atomic E-state index is 13.2. The van der Waals surface area contributed by atoms with Crippen molar-refractivity contribution in [3.8, 4) is 5.75 Å². The number of nitrogens with zero attached hydrogens (tertiary/aromatic N) is 3. The van der Waals surface area contributed by atoms with Crippen molar-refractivity contribution in [1.29, 1.82) is 0 Å². The maximum atomic E-state index is 13.2. The summed E-state index contributed by atoms with van der Waals surface area (Å²) in [6.07, 6.45) is 0.746. The van der Waals surface area contributed by atoms with Crippen LogP contribution in [0.3, 0.4) is 0 Å². The minimum Gasteiger partial charge on any atom is -0.497 e. The molecule has 2 heterocycles. The molecule has 0 unspecified atom stereocenters. The molecule has 1 aliphatic rings. The van der Waals surface area contributed by atoms with E-state index in [1.807, 2.05) is 67.1 Å². The fourth-order valence-electron chi connectivity index (χ4n) is 3.24. The van der Waals surface area contributed by atoms with E-state index in [1.165, 1.54) is 11.8 Å². The molecule has 2 atom stereocenters. The Kier molecular flexibility index (Phi) is 5.44. The molecule has 2 aromatic carbocycles. The molecule has 0 saturated carbocycles. The Hall–Kier alpha value is -3.00. The first-order valence-electron chi connectivity index (χ1n) is 9.48. The molecule has 1 aromatic heterocycles. The molecule has 0 spiro atoms. The topological polar surface area (TPSA) is 81.1 Å². The molecule has 0 aliphatic carbocycles. The van der Waals surface area contributed by atoms with Crippen LogP contribution in [0.1, 0.15) is 29.9 Å². The lowest BCUT2D eigenvalue weighted by molar-refractivity contribution is -0.116. The molecule has 0 radical (unpaired) electrons. The average Bonchev–Trinajstić information content (AvgIpc) is 3.16. The number of fused-ring (bicyclic) bond motifs is 1. The summed E-state index contributed by atoms with van der Waals surface area (Å²) >= 11 is 1.42. The summed E-state index contributed by atoms with van der Waals surface area (Å²) in [6.45, 7) is 4.05. The third kappa shape index (κ3) is 3.93. The quantitative estimate of drug-likeness (QED) is 0.671. The Bertz CT molecular complexity index is 1000. The van der Waals surface area contributed by atoms with Crippen LogP contribution in [0.25, 0.3) is 0 Å². The second-order valence-electron chi connectivity index (χ2n) is 6.86. The third-order valence-corrected chi connectivity index (χ3v) is 6.09. The molecule has 0 bridgehead atoms. The molecule has 0 saturated heterocycles. The van der Waals surface area contributed by atoms with E-state index >= 15 is 0 Å². The van der Waals surface area contributed by atoms with Crippen molar-refractivity contribution in [2.75, 3.05) is 17.9 Å². The third-order valence-electron chi connectivity index (χ3n) is 4.87. The molecule has 29 heavy (non-hydrogen) atoms. The van der Waals surface area contributed by atoms with E-state index in [4.69, 9.17) is 4.74 Å². The number of carbonyl (C=O) groups excluding carboxylic acids is 1. The van der Waals surface area contributed by atoms with Crippen LogP contribution in [0, 0.1) is 6.92 Å². The number of amides is 1. The lowest BCUT2D eigenvalue weighted by Crippen LogP contribution is -2.41. The minimum absolute atomic E-state index is 0.0838. The van der Waals surface area contributed by atoms with Gasteiger partial charge in [0, 0.05) is 12.1 Å². The number of thioether (sulfide) groups is 1. The molecule has 1 amide bonds. The first kappa shape index (κ1) is 19.3. The monoisotopic (exact) mass is 409 g/mol. The van der Waals surface area contributed by atoms with Crippen molar-refractivity contribution in [2.45, 2.75) is 36.7 Å². The first-order chi connectivity index (χ1) is 14.1. The Morgan fingerprint density at radius 3 is 2.55 bits per heavy atom. The summed E-state index contributed by atoms with van der Waals surface area (Å²) in [5.74, 6) is 1.53. The molecular weight excluding hydrogens is 386 g/mol. The van der Waals surface area contributed by atoms with Gasteiger partial charge < -0.3 is 15.5 Å². The summed E-state index contributed by atoms with van der Waals surface area (Å²) < 4.78 is 7.15. The second kappa shape index (κ2) is 8.16. The molecule has 7 nitrogen and oxygen atoms in total. The lowest BCUT2D eigenvalue weighted by Gasteiger charge is -2.33. The molecule has 1 aliphatic heterocycles. The lowest BCUT2D eigenvalue weighted by atomic mass is 10.0. The number of ether oxygens (including phenoxy) is 1. The molecular formula is C21H23N5O2S. The van der Waals surface area contributed by atoms with Gasteiger partial charge in [-0.1, -0.05) is 48.5 Å². The van der Waals surface area contributed by atoms with E-state index in [1.54, 1.807) is 7.11 Å². The van der Waals surface area contributed by atoms with Crippen LogP contribution < -0.4 is 15.5 Å². The van der Waals surface area contributed by atoms with Crippen molar-refractivity contribution < 1.29 is 9.53 Å². The Morgan fingerprint density at radius 1 is 1.17 bits per heavy atom. The van der Waals surface area contributed by atoms with Gasteiger partial charge >= 0.3 is 0 Å². The van der Waals surface area contributed by atoms with Crippen LogP contribution in [0.5, 0.6) is 5.75 Å². The molecule has 8 heteroatoms. The van der Waals surface area contributed by atoms with Gasteiger partial charge in [0.1, 0.15) is 11.0 Å². The summed E-state index contributed by atoms with van der Waals surface area (Å²) in [7, 11) is 1.64. The van der Waals surface area contributed by atoms with Crippen LogP contribution >= 0.6 is 11.8 Å². The zero-order valence-corrected chi connectivity index (χ0v) is 17.4. The SMILES string of the molecule is CCc1nnc2n1N[C@@H](c1ccc(OC)cc1)[C@H](C(=O)Nc1ccc(C)cc1)S2. The number of methoxy groups -OCH3 is 1. The van der Waals surface area contributed by atoms with Crippen LogP contribution in [0.2, 0.25) is 0 Å². The highest BCUT2D eigenvalue weighted by Gasteiger charge is 2.37. The highest BCUT2D eigenvalue weighted by molar-refractivity contribution is 8.00. The molecule has 4 rings (SSSR count). The van der Waals surface area contributed by atoms with E-state index in [-0.39, 0.29) is 11.9 Å². The van der Waals surface area contributed by atoms with Crippen molar-refractivity contribution >= 4 is 23.4 Å². The zero-order chi connectivity index (χ0) is 20.4. The predicted molar refractivity (Wildman–Crippen MR) is 114 cm³/mol. The van der Waals surface area contributed by atoms with Crippen molar-refractivity contribution in [3.63, 3.8) is 0 Å². The highest BCUT2D eigenvalue weighted by Crippen LogP contribution is 2.38. The van der Waals surface area contributed by atoms with E-state index in [9.17, 15) is 4.79 Å². The number of anilines is 1. The summed E-state index contributed by atoms with van der Waals surface area (Å²) in [5.41, 5.74) is 6.36. The van der Waals surface area contributed by atoms with E-state index in [2.05, 4.69) is 20.9 Å². The van der Waals surface area contributed by atoms with Crippen molar-refractivity contribution in [1.82, 2.24) is 14.9 Å². The van der Waals surface area contributed by atoms with Gasteiger partial charge in [0.15, 0.2) is 5.82 Å². The average molecular weight is 410 g/mol. The fraction of sp³-hybridized carbons (Fsp3) is 0.286. The second-order valence-corrected chi connectivity index (χ2v) is 7.97. The Balaban J connectivity index is 1.65. The van der Waals surface area contributed by atoms with Gasteiger partial charge in [0.05, 0.1) is 13.2 Å². The van der Waals surface area contributed by atoms with Gasteiger partial charge in [-0.3, -0.25) is 4.79 Å². The summed E-state index contributed by atoms with van der Waals surface area (Å²) in [6, 6.07) is 15.3. The first-order valence-corrected chi connectivity index (χ1v) is 10.4. The van der Waals surface area contributed by atoms with E-state index < -0.39 is 5.25 Å². The summed E-state index contributed by atoms with van der Waals surface area (Å²) in [4.78, 5) is 13.2. The van der Waals surface area contributed by atoms with Crippen molar-refractivity contribution in [2.24, 2.45) is 0 Å². The molecule has 2 N–H and O–H groups in total. The van der Waals surface area contributed by atoms with Gasteiger partial charge in [0.25, 0.3) is 0 Å². The number of hydrogen-bond acceptors (Lipinski definition) is 6. The van der Waals surface area contributed by atoms with Crippen LogP contribution in [0.15, 0.2) is 53.7 Å². The Morgan fingerprint density at radius 2 is 1.90 bits per heavy atom. The van der Waals surface area contributed by atoms with Gasteiger partial charge in [0.2, 0.25) is 11.1 Å². The number of nitrogens with one attached hydrogen (secondary N) is 2. The Labute approximate surface area is 173 Å². The fourth-order valence-corrected chi connectivity index (χ4v) is 4.34. The van der Waals surface area contributed by atoms with E-state index in [0.29, 0.717) is 5.16 Å². The van der Waals surface area contributed by atoms with Gasteiger partial charge in [-0.15, -0.1) is 10.2 Å². The normalized spacial score (nSPS) is 17.9. The molecule has 150 valence electrons. The van der Waals surface area contributed by atoms with E-state index in [0.717, 1.165) is 34.8 Å². The maximum Gasteiger partial charge on any atom is 0.240 e. The number of aryl methyl sites for hydroxylation is 2. The zero-order valence-electron chi connectivity index (χ0n) is 16.5.